The quantitative estimate of drug-likeness (QED) is 0.552. The van der Waals surface area contributed by atoms with Crippen molar-refractivity contribution < 1.29 is 13.7 Å². The summed E-state index contributed by atoms with van der Waals surface area (Å²) < 4.78 is 17.1. The molecule has 4 aliphatic rings. The van der Waals surface area contributed by atoms with Gasteiger partial charge in [0.2, 0.25) is 0 Å². The van der Waals surface area contributed by atoms with Gasteiger partial charge >= 0.3 is 0 Å². The average Bonchev–Trinajstić information content (AvgIpc) is 2.58. The van der Waals surface area contributed by atoms with Gasteiger partial charge in [-0.2, -0.15) is 0 Å². The molecule has 1 heterocycles. The van der Waals surface area contributed by atoms with Gasteiger partial charge < -0.3 is 13.7 Å². The maximum atomic E-state index is 5.88. The fourth-order valence-corrected chi connectivity index (χ4v) is 7.45. The predicted octanol–water partition coefficient (Wildman–Crippen LogP) is 4.66. The second-order valence-corrected chi connectivity index (χ2v) is 9.82. The van der Waals surface area contributed by atoms with Crippen LogP contribution in [0.15, 0.2) is 0 Å². The van der Waals surface area contributed by atoms with Crippen molar-refractivity contribution in [1.82, 2.24) is 0 Å². The summed E-state index contributed by atoms with van der Waals surface area (Å²) in [5.41, 5.74) is 0. The zero-order chi connectivity index (χ0) is 15.9. The van der Waals surface area contributed by atoms with Gasteiger partial charge in [0, 0.05) is 11.9 Å². The first kappa shape index (κ1) is 16.7. The summed E-state index contributed by atoms with van der Waals surface area (Å²) in [6, 6.07) is 0. The maximum Gasteiger partial charge on any atom is 0.146 e. The molecule has 0 amide bonds. The number of hydrogen-bond donors (Lipinski definition) is 0. The standard InChI is InChI=1S/C19H32O3S/c1-19-9-7-16-15-6-4-14(21-12-20-2)11-13(15)3-5-17(16)18(19)8-10-22-23-19/h13-18H,3-12H2,1-2H3/t13?,14?,15?,16?,17?,18?,19-/m0/s1. The Morgan fingerprint density at radius 3 is 2.78 bits per heavy atom. The van der Waals surface area contributed by atoms with Crippen molar-refractivity contribution in [1.29, 1.82) is 0 Å². The lowest BCUT2D eigenvalue weighted by molar-refractivity contribution is -0.114. The molecule has 0 N–H and O–H groups in total. The number of rotatable bonds is 3. The molecule has 0 aromatic rings. The van der Waals surface area contributed by atoms with Gasteiger partial charge in [0.15, 0.2) is 0 Å². The molecule has 7 atom stereocenters. The molecule has 0 aromatic heterocycles. The van der Waals surface area contributed by atoms with Crippen LogP contribution >= 0.6 is 12.0 Å². The van der Waals surface area contributed by atoms with E-state index in [-0.39, 0.29) is 0 Å². The van der Waals surface area contributed by atoms with Gasteiger partial charge in [0.1, 0.15) is 6.79 Å². The first-order valence-corrected chi connectivity index (χ1v) is 10.4. The van der Waals surface area contributed by atoms with Gasteiger partial charge in [-0.15, -0.1) is 0 Å². The van der Waals surface area contributed by atoms with Crippen molar-refractivity contribution in [2.24, 2.45) is 29.6 Å². The van der Waals surface area contributed by atoms with Crippen LogP contribution in [0.2, 0.25) is 0 Å². The fourth-order valence-electron chi connectivity index (χ4n) is 6.39. The van der Waals surface area contributed by atoms with Gasteiger partial charge in [-0.05, 0) is 99.9 Å². The normalized spacial score (nSPS) is 49.8. The van der Waals surface area contributed by atoms with Crippen molar-refractivity contribution in [3.8, 4) is 0 Å². The van der Waals surface area contributed by atoms with Gasteiger partial charge in [0.05, 0.1) is 12.7 Å². The third-order valence-electron chi connectivity index (χ3n) is 7.42. The van der Waals surface area contributed by atoms with Crippen LogP contribution in [0.25, 0.3) is 0 Å². The summed E-state index contributed by atoms with van der Waals surface area (Å²) in [5.74, 6) is 4.71. The monoisotopic (exact) mass is 340 g/mol. The van der Waals surface area contributed by atoms with E-state index >= 15 is 0 Å². The molecule has 0 aromatic carbocycles. The minimum absolute atomic E-state index is 0.394. The van der Waals surface area contributed by atoms with E-state index in [9.17, 15) is 0 Å². The van der Waals surface area contributed by atoms with Crippen LogP contribution < -0.4 is 0 Å². The summed E-state index contributed by atoms with van der Waals surface area (Å²) >= 11 is 1.81. The summed E-state index contributed by atoms with van der Waals surface area (Å²) in [6.45, 7) is 3.90. The van der Waals surface area contributed by atoms with Crippen molar-refractivity contribution in [3.63, 3.8) is 0 Å². The van der Waals surface area contributed by atoms with Crippen molar-refractivity contribution >= 4 is 12.0 Å². The zero-order valence-corrected chi connectivity index (χ0v) is 15.5. The van der Waals surface area contributed by atoms with Gasteiger partial charge in [-0.3, -0.25) is 0 Å². The summed E-state index contributed by atoms with van der Waals surface area (Å²) in [5, 5.41) is 0. The van der Waals surface area contributed by atoms with Crippen LogP contribution in [-0.2, 0) is 13.7 Å². The summed E-state index contributed by atoms with van der Waals surface area (Å²) in [7, 11) is 1.72. The minimum Gasteiger partial charge on any atom is -0.359 e. The van der Waals surface area contributed by atoms with Crippen LogP contribution in [0.3, 0.4) is 0 Å². The Morgan fingerprint density at radius 2 is 1.91 bits per heavy atom. The largest absolute Gasteiger partial charge is 0.359 e. The SMILES string of the molecule is COCOC1CCC2C(CCC3C2CC[C@]2(C)SOCCC32)C1. The van der Waals surface area contributed by atoms with E-state index in [1.807, 2.05) is 12.0 Å². The molecule has 4 rings (SSSR count). The Morgan fingerprint density at radius 1 is 1.04 bits per heavy atom. The van der Waals surface area contributed by atoms with Gasteiger partial charge in [0.25, 0.3) is 0 Å². The number of hydrogen-bond acceptors (Lipinski definition) is 4. The average molecular weight is 341 g/mol. The molecule has 4 heteroatoms. The van der Waals surface area contributed by atoms with Crippen LogP contribution in [0.1, 0.15) is 58.3 Å². The lowest BCUT2D eigenvalue weighted by atomic mass is 9.52. The highest BCUT2D eigenvalue weighted by molar-refractivity contribution is 7.96. The highest BCUT2D eigenvalue weighted by Crippen LogP contribution is 2.60. The molecule has 0 spiro atoms. The Kier molecular flexibility index (Phi) is 4.97. The van der Waals surface area contributed by atoms with E-state index in [0.717, 1.165) is 36.2 Å². The molecule has 6 unspecified atom stereocenters. The number of ether oxygens (including phenoxy) is 2. The van der Waals surface area contributed by atoms with Crippen LogP contribution in [0.4, 0.5) is 0 Å². The number of fused-ring (bicyclic) bond motifs is 5. The van der Waals surface area contributed by atoms with Crippen LogP contribution in [0.5, 0.6) is 0 Å². The maximum absolute atomic E-state index is 5.88. The van der Waals surface area contributed by atoms with Crippen molar-refractivity contribution in [3.05, 3.63) is 0 Å². The highest BCUT2D eigenvalue weighted by atomic mass is 32.2. The third-order valence-corrected chi connectivity index (χ3v) is 8.59. The minimum atomic E-state index is 0.394. The lowest BCUT2D eigenvalue weighted by Crippen LogP contribution is -2.52. The Balaban J connectivity index is 1.43. The molecular weight excluding hydrogens is 308 g/mol. The number of methoxy groups -OCH3 is 1. The molecule has 3 aliphatic carbocycles. The van der Waals surface area contributed by atoms with Crippen molar-refractivity contribution in [2.75, 3.05) is 20.5 Å². The van der Waals surface area contributed by atoms with E-state index in [1.54, 1.807) is 7.11 Å². The third kappa shape index (κ3) is 3.09. The first-order chi connectivity index (χ1) is 11.2. The van der Waals surface area contributed by atoms with E-state index in [0.29, 0.717) is 17.6 Å². The van der Waals surface area contributed by atoms with E-state index in [4.69, 9.17) is 13.7 Å². The second-order valence-electron chi connectivity index (χ2n) is 8.49. The molecule has 1 saturated heterocycles. The van der Waals surface area contributed by atoms with Crippen LogP contribution in [0, 0.1) is 29.6 Å². The second kappa shape index (κ2) is 6.86. The smallest absolute Gasteiger partial charge is 0.146 e. The van der Waals surface area contributed by atoms with Gasteiger partial charge in [-0.1, -0.05) is 0 Å². The molecule has 0 bridgehead atoms. The summed E-state index contributed by atoms with van der Waals surface area (Å²) in [6.07, 6.45) is 11.3. The Hall–Kier alpha value is 0.230. The molecule has 0 radical (unpaired) electrons. The Bertz CT molecular complexity index is 417. The van der Waals surface area contributed by atoms with Gasteiger partial charge in [-0.25, -0.2) is 0 Å². The molecule has 3 nitrogen and oxygen atoms in total. The molecule has 132 valence electrons. The van der Waals surface area contributed by atoms with E-state index < -0.39 is 0 Å². The highest BCUT2D eigenvalue weighted by Gasteiger charge is 2.53. The topological polar surface area (TPSA) is 27.7 Å². The van der Waals surface area contributed by atoms with Crippen LogP contribution in [-0.4, -0.2) is 31.4 Å². The van der Waals surface area contributed by atoms with Crippen molar-refractivity contribution in [2.45, 2.75) is 69.1 Å². The molecule has 4 fully saturated rings. The lowest BCUT2D eigenvalue weighted by Gasteiger charge is -2.57. The predicted molar refractivity (Wildman–Crippen MR) is 93.1 cm³/mol. The zero-order valence-electron chi connectivity index (χ0n) is 14.7. The molecule has 1 aliphatic heterocycles. The summed E-state index contributed by atoms with van der Waals surface area (Å²) in [4.78, 5) is 0. The fraction of sp³-hybridized carbons (Fsp3) is 1.00. The van der Waals surface area contributed by atoms with E-state index in [1.165, 1.54) is 51.4 Å². The molecule has 23 heavy (non-hydrogen) atoms. The van der Waals surface area contributed by atoms with E-state index in [2.05, 4.69) is 6.92 Å². The first-order valence-electron chi connectivity index (χ1n) is 9.62. The molecular formula is C19H32O3S. The molecule has 3 saturated carbocycles. The Labute approximate surface area is 145 Å².